The molecule has 0 spiro atoms. The van der Waals surface area contributed by atoms with Gasteiger partial charge in [-0.2, -0.15) is 0 Å². The van der Waals surface area contributed by atoms with Crippen LogP contribution < -0.4 is 5.32 Å². The van der Waals surface area contributed by atoms with Crippen LogP contribution >= 0.6 is 34.4 Å². The Morgan fingerprint density at radius 1 is 1.00 bits per heavy atom. The van der Waals surface area contributed by atoms with Crippen molar-refractivity contribution in [1.82, 2.24) is 9.62 Å². The van der Waals surface area contributed by atoms with Gasteiger partial charge in [-0.3, -0.25) is 18.7 Å². The van der Waals surface area contributed by atoms with Gasteiger partial charge in [0.2, 0.25) is 12.2 Å². The Morgan fingerprint density at radius 3 is 2.23 bits per heavy atom. The van der Waals surface area contributed by atoms with Crippen LogP contribution in [0.15, 0.2) is 30.3 Å². The molecule has 0 saturated carbocycles. The van der Waals surface area contributed by atoms with Gasteiger partial charge in [-0.25, -0.2) is 9.59 Å². The number of benzene rings is 1. The molecule has 1 aromatic rings. The minimum atomic E-state index is -1.27. The maximum Gasteiger partial charge on any atom is 0.511 e. The molecule has 0 aliphatic rings. The van der Waals surface area contributed by atoms with Crippen molar-refractivity contribution in [3.63, 3.8) is 0 Å². The number of nitrogens with one attached hydrogen (secondary N) is 1. The van der Waals surface area contributed by atoms with Crippen LogP contribution in [-0.4, -0.2) is 82.6 Å². The van der Waals surface area contributed by atoms with E-state index in [1.54, 1.807) is 6.92 Å². The molecule has 0 saturated heterocycles. The number of esters is 1. The normalized spacial score (nSPS) is 13.9. The van der Waals surface area contributed by atoms with Crippen molar-refractivity contribution in [1.29, 1.82) is 0 Å². The molecule has 2 N–H and O–H groups in total. The molecule has 0 aliphatic heterocycles. The lowest BCUT2D eigenvalue weighted by molar-refractivity contribution is -0.167. The van der Waals surface area contributed by atoms with E-state index in [9.17, 15) is 29.1 Å². The third-order valence-corrected chi connectivity index (χ3v) is 9.57. The monoisotopic (exact) mass is 676 g/mol. The molecular formula is C29H44N2O10S3. The lowest BCUT2D eigenvalue weighted by Crippen LogP contribution is -2.42. The van der Waals surface area contributed by atoms with E-state index in [1.165, 1.54) is 53.6 Å². The van der Waals surface area contributed by atoms with Gasteiger partial charge in [-0.15, -0.1) is 0 Å². The molecule has 0 bridgehead atoms. The summed E-state index contributed by atoms with van der Waals surface area (Å²) in [5.74, 6) is -1.81. The molecule has 0 radical (unpaired) electrons. The third kappa shape index (κ3) is 14.3. The van der Waals surface area contributed by atoms with Crippen molar-refractivity contribution in [3.8, 4) is 0 Å². The van der Waals surface area contributed by atoms with Gasteiger partial charge in [0.1, 0.15) is 12.6 Å². The number of aliphatic carboxylic acids is 1. The number of carboxylic acids is 1. The van der Waals surface area contributed by atoms with E-state index in [2.05, 4.69) is 22.9 Å². The fraction of sp³-hybridized carbons (Fsp3) is 0.621. The van der Waals surface area contributed by atoms with E-state index in [0.717, 1.165) is 12.0 Å². The number of amides is 2. The number of carbonyl (C=O) groups is 5. The van der Waals surface area contributed by atoms with E-state index in [0.29, 0.717) is 24.3 Å². The molecule has 15 heteroatoms. The SMILES string of the molecule is CCCC(CSSCC(Cc1ccccc1)C(=O)NCC(=O)OC(C)OC(=O)OCC)N(S)C(=O)OC(C)C(C)(C)C(=O)O. The predicted molar refractivity (Wildman–Crippen MR) is 172 cm³/mol. The van der Waals surface area contributed by atoms with Crippen LogP contribution in [0.4, 0.5) is 9.59 Å². The molecule has 4 atom stereocenters. The molecular weight excluding hydrogens is 633 g/mol. The van der Waals surface area contributed by atoms with Crippen LogP contribution in [0.3, 0.4) is 0 Å². The zero-order valence-corrected chi connectivity index (χ0v) is 28.5. The second-order valence-corrected chi connectivity index (χ2v) is 13.4. The molecule has 0 aromatic heterocycles. The Bertz CT molecular complexity index is 1080. The van der Waals surface area contributed by atoms with Gasteiger partial charge >= 0.3 is 24.2 Å². The zero-order valence-electron chi connectivity index (χ0n) is 26.0. The standard InChI is InChI=1S/C29H44N2O10S3/c1-7-12-23(31(42)27(36)39-19(3)29(5,6)26(34)35)18-44-43-17-22(15-21-13-10-9-11-14-21)25(33)30-16-24(32)40-20(4)41-28(37)38-8-2/h9-11,13-14,19-20,22-23,42H,7-8,12,15-18H2,1-6H3,(H,30,33)(H,34,35). The highest BCUT2D eigenvalue weighted by Crippen LogP contribution is 2.30. The van der Waals surface area contributed by atoms with Crippen molar-refractivity contribution < 1.29 is 48.0 Å². The smallest absolute Gasteiger partial charge is 0.481 e. The fourth-order valence-corrected chi connectivity index (χ4v) is 6.50. The van der Waals surface area contributed by atoms with Gasteiger partial charge in [0.15, 0.2) is 0 Å². The lowest BCUT2D eigenvalue weighted by Gasteiger charge is -2.31. The Labute approximate surface area is 272 Å². The second kappa shape index (κ2) is 20.3. The van der Waals surface area contributed by atoms with Gasteiger partial charge in [0.25, 0.3) is 0 Å². The molecule has 4 unspecified atom stereocenters. The quantitative estimate of drug-likeness (QED) is 0.0431. The minimum absolute atomic E-state index is 0.111. The Morgan fingerprint density at radius 2 is 1.64 bits per heavy atom. The highest BCUT2D eigenvalue weighted by atomic mass is 33.1. The van der Waals surface area contributed by atoms with Crippen molar-refractivity contribution in [3.05, 3.63) is 35.9 Å². The van der Waals surface area contributed by atoms with E-state index in [4.69, 9.17) is 14.2 Å². The number of carbonyl (C=O) groups excluding carboxylic acids is 4. The van der Waals surface area contributed by atoms with E-state index >= 15 is 0 Å². The third-order valence-electron chi connectivity index (χ3n) is 6.54. The largest absolute Gasteiger partial charge is 0.511 e. The number of nitrogens with zero attached hydrogens (tertiary/aromatic N) is 1. The molecule has 2 amide bonds. The number of hydrogen-bond acceptors (Lipinski definition) is 12. The van der Waals surface area contributed by atoms with Gasteiger partial charge in [-0.05, 0) is 46.1 Å². The Hall–Kier alpha value is -2.78. The molecule has 44 heavy (non-hydrogen) atoms. The van der Waals surface area contributed by atoms with E-state index in [1.807, 2.05) is 37.3 Å². The Kier molecular flexibility index (Phi) is 18.1. The molecule has 12 nitrogen and oxygen atoms in total. The first-order valence-electron chi connectivity index (χ1n) is 14.2. The lowest BCUT2D eigenvalue weighted by atomic mass is 9.88. The summed E-state index contributed by atoms with van der Waals surface area (Å²) in [6, 6.07) is 9.16. The van der Waals surface area contributed by atoms with Gasteiger partial charge < -0.3 is 29.4 Å². The summed E-state index contributed by atoms with van der Waals surface area (Å²) in [5.41, 5.74) is -0.321. The molecule has 248 valence electrons. The van der Waals surface area contributed by atoms with Crippen molar-refractivity contribution >= 4 is 64.5 Å². The van der Waals surface area contributed by atoms with E-state index in [-0.39, 0.29) is 18.6 Å². The minimum Gasteiger partial charge on any atom is -0.481 e. The summed E-state index contributed by atoms with van der Waals surface area (Å²) in [6.45, 7) is 9.14. The number of ether oxygens (including phenoxy) is 4. The van der Waals surface area contributed by atoms with Gasteiger partial charge in [-0.1, -0.05) is 78.1 Å². The zero-order chi connectivity index (χ0) is 33.3. The maximum atomic E-state index is 13.1. The molecule has 1 aromatic carbocycles. The van der Waals surface area contributed by atoms with Crippen LogP contribution in [0.25, 0.3) is 0 Å². The second-order valence-electron chi connectivity index (χ2n) is 10.4. The van der Waals surface area contributed by atoms with Crippen molar-refractivity contribution in [2.24, 2.45) is 11.3 Å². The highest BCUT2D eigenvalue weighted by molar-refractivity contribution is 8.76. The first-order valence-corrected chi connectivity index (χ1v) is 17.1. The molecule has 0 aliphatic carbocycles. The summed E-state index contributed by atoms with van der Waals surface area (Å²) in [4.78, 5) is 60.9. The topological polar surface area (TPSA) is 158 Å². The van der Waals surface area contributed by atoms with Crippen LogP contribution in [-0.2, 0) is 39.8 Å². The molecule has 1 rings (SSSR count). The first-order chi connectivity index (χ1) is 20.7. The number of thiol groups is 1. The van der Waals surface area contributed by atoms with Crippen LogP contribution in [0.2, 0.25) is 0 Å². The van der Waals surface area contributed by atoms with Crippen LogP contribution in [0, 0.1) is 11.3 Å². The number of rotatable bonds is 19. The Balaban J connectivity index is 2.74. The van der Waals surface area contributed by atoms with Gasteiger partial charge in [0, 0.05) is 18.4 Å². The summed E-state index contributed by atoms with van der Waals surface area (Å²) in [6.07, 6.45) is -1.92. The van der Waals surface area contributed by atoms with Crippen molar-refractivity contribution in [2.75, 3.05) is 24.7 Å². The average molecular weight is 677 g/mol. The molecule has 0 heterocycles. The summed E-state index contributed by atoms with van der Waals surface area (Å²) in [5, 5.41) is 12.0. The number of carboxylic acid groups (broad SMARTS) is 1. The maximum absolute atomic E-state index is 13.1. The van der Waals surface area contributed by atoms with Crippen LogP contribution in [0.5, 0.6) is 0 Å². The first kappa shape index (κ1) is 39.2. The average Bonchev–Trinajstić information content (AvgIpc) is 2.96. The van der Waals surface area contributed by atoms with Crippen molar-refractivity contribution in [2.45, 2.75) is 79.2 Å². The highest BCUT2D eigenvalue weighted by Gasteiger charge is 2.38. The van der Waals surface area contributed by atoms with Crippen LogP contribution in [0.1, 0.15) is 59.9 Å². The van der Waals surface area contributed by atoms with E-state index < -0.39 is 54.5 Å². The predicted octanol–water partition coefficient (Wildman–Crippen LogP) is 5.36. The molecule has 0 fully saturated rings. The summed E-state index contributed by atoms with van der Waals surface area (Å²) >= 11 is 4.36. The van der Waals surface area contributed by atoms with Gasteiger partial charge in [0.05, 0.1) is 24.0 Å². The fourth-order valence-electron chi connectivity index (χ4n) is 3.51. The summed E-state index contributed by atoms with van der Waals surface area (Å²) in [7, 11) is 2.92. The summed E-state index contributed by atoms with van der Waals surface area (Å²) < 4.78 is 21.0. The number of hydrogen-bond donors (Lipinski definition) is 3.